The Balaban J connectivity index is 1.45. The molecule has 3 aromatic rings. The van der Waals surface area contributed by atoms with Crippen LogP contribution in [0.5, 0.6) is 5.75 Å². The van der Waals surface area contributed by atoms with Crippen LogP contribution in [-0.2, 0) is 0 Å². The Bertz CT molecular complexity index is 947. The second kappa shape index (κ2) is 6.58. The van der Waals surface area contributed by atoms with Crippen LogP contribution in [0.25, 0.3) is 5.78 Å². The summed E-state index contributed by atoms with van der Waals surface area (Å²) in [5.41, 5.74) is 6.39. The van der Waals surface area contributed by atoms with Gasteiger partial charge in [-0.05, 0) is 13.0 Å². The molecule has 0 spiro atoms. The molecular formula is C17H19N7O2. The van der Waals surface area contributed by atoms with Crippen LogP contribution in [0.3, 0.4) is 0 Å². The maximum atomic E-state index is 11.2. The van der Waals surface area contributed by atoms with Gasteiger partial charge in [0.05, 0.1) is 0 Å². The smallest absolute Gasteiger partial charge is 0.267 e. The summed E-state index contributed by atoms with van der Waals surface area (Å²) < 4.78 is 7.77. The minimum Gasteiger partial charge on any atom is -0.490 e. The van der Waals surface area contributed by atoms with Gasteiger partial charge in [-0.15, -0.1) is 0 Å². The van der Waals surface area contributed by atoms with Crippen molar-refractivity contribution in [2.45, 2.75) is 25.9 Å². The lowest BCUT2D eigenvalue weighted by Gasteiger charge is -2.33. The highest BCUT2D eigenvalue weighted by atomic mass is 16.5. The molecule has 0 aromatic carbocycles. The number of anilines is 1. The lowest BCUT2D eigenvalue weighted by atomic mass is 10.1. The molecule has 2 N–H and O–H groups in total. The van der Waals surface area contributed by atoms with Crippen LogP contribution in [0.1, 0.15) is 29.0 Å². The lowest BCUT2D eigenvalue weighted by Crippen LogP contribution is -2.39. The highest BCUT2D eigenvalue weighted by Crippen LogP contribution is 2.24. The van der Waals surface area contributed by atoms with Crippen molar-refractivity contribution in [1.82, 2.24) is 24.6 Å². The monoisotopic (exact) mass is 353 g/mol. The fourth-order valence-electron chi connectivity index (χ4n) is 3.15. The normalized spacial score (nSPS) is 15.3. The molecule has 4 heterocycles. The molecule has 1 saturated heterocycles. The molecule has 1 aliphatic heterocycles. The topological polar surface area (TPSA) is 112 Å². The molecule has 1 aliphatic rings. The van der Waals surface area contributed by atoms with E-state index in [-0.39, 0.29) is 11.8 Å². The molecule has 9 heteroatoms. The second-order valence-electron chi connectivity index (χ2n) is 6.27. The summed E-state index contributed by atoms with van der Waals surface area (Å²) in [5, 5.41) is 4.27. The van der Waals surface area contributed by atoms with Crippen molar-refractivity contribution in [1.29, 1.82) is 0 Å². The van der Waals surface area contributed by atoms with Crippen molar-refractivity contribution >= 4 is 17.5 Å². The number of aryl methyl sites for hydroxylation is 1. The van der Waals surface area contributed by atoms with Crippen LogP contribution in [-0.4, -0.2) is 49.7 Å². The largest absolute Gasteiger partial charge is 0.490 e. The van der Waals surface area contributed by atoms with Crippen molar-refractivity contribution in [3.63, 3.8) is 0 Å². The van der Waals surface area contributed by atoms with E-state index in [0.29, 0.717) is 11.5 Å². The van der Waals surface area contributed by atoms with Crippen molar-refractivity contribution in [2.24, 2.45) is 5.73 Å². The van der Waals surface area contributed by atoms with E-state index in [4.69, 9.17) is 10.5 Å². The third-order valence-electron chi connectivity index (χ3n) is 4.41. The predicted molar refractivity (Wildman–Crippen MR) is 94.1 cm³/mol. The Morgan fingerprint density at radius 2 is 2.08 bits per heavy atom. The number of carbonyl (C=O) groups excluding carboxylic acids is 1. The van der Waals surface area contributed by atoms with Crippen molar-refractivity contribution in [2.75, 3.05) is 18.0 Å². The Morgan fingerprint density at radius 1 is 1.27 bits per heavy atom. The van der Waals surface area contributed by atoms with Crippen LogP contribution in [0.2, 0.25) is 0 Å². The Hall–Kier alpha value is -3.23. The molecule has 0 unspecified atom stereocenters. The quantitative estimate of drug-likeness (QED) is 0.744. The number of fused-ring (bicyclic) bond motifs is 1. The molecule has 26 heavy (non-hydrogen) atoms. The molecule has 4 rings (SSSR count). The summed E-state index contributed by atoms with van der Waals surface area (Å²) >= 11 is 0. The van der Waals surface area contributed by atoms with Gasteiger partial charge >= 0.3 is 0 Å². The number of hydrogen-bond acceptors (Lipinski definition) is 7. The number of rotatable bonds is 4. The van der Waals surface area contributed by atoms with Crippen molar-refractivity contribution in [3.05, 3.63) is 42.1 Å². The van der Waals surface area contributed by atoms with E-state index in [1.54, 1.807) is 16.6 Å². The number of carbonyl (C=O) groups is 1. The van der Waals surface area contributed by atoms with Crippen molar-refractivity contribution in [3.8, 4) is 5.75 Å². The summed E-state index contributed by atoms with van der Waals surface area (Å²) in [5.74, 6) is 1.65. The number of amides is 1. The molecule has 9 nitrogen and oxygen atoms in total. The van der Waals surface area contributed by atoms with E-state index in [1.165, 1.54) is 12.5 Å². The van der Waals surface area contributed by atoms with Crippen LogP contribution in [0.4, 0.5) is 5.82 Å². The first-order chi connectivity index (χ1) is 12.6. The molecule has 0 saturated carbocycles. The van der Waals surface area contributed by atoms with Gasteiger partial charge in [0.1, 0.15) is 29.7 Å². The molecule has 0 bridgehead atoms. The zero-order valence-corrected chi connectivity index (χ0v) is 14.4. The molecule has 134 valence electrons. The minimum absolute atomic E-state index is 0.0727. The fraction of sp³-hybridized carbons (Fsp3) is 0.353. The van der Waals surface area contributed by atoms with Gasteiger partial charge in [-0.1, -0.05) is 0 Å². The number of aromatic nitrogens is 5. The lowest BCUT2D eigenvalue weighted by molar-refractivity contribution is 0.0994. The molecule has 1 fully saturated rings. The second-order valence-corrected chi connectivity index (χ2v) is 6.27. The average Bonchev–Trinajstić information content (AvgIpc) is 3.10. The number of piperidine rings is 1. The molecular weight excluding hydrogens is 334 g/mol. The molecule has 0 aliphatic carbocycles. The zero-order valence-electron chi connectivity index (χ0n) is 14.4. The highest BCUT2D eigenvalue weighted by Gasteiger charge is 2.23. The number of hydrogen-bond donors (Lipinski definition) is 1. The van der Waals surface area contributed by atoms with Crippen LogP contribution >= 0.6 is 0 Å². The van der Waals surface area contributed by atoms with Gasteiger partial charge in [-0.25, -0.2) is 4.98 Å². The SMILES string of the molecule is Cc1cc(N2CCC(Oc3ccnc(C(N)=O)c3)CC2)n2ncnc2n1. The van der Waals surface area contributed by atoms with E-state index >= 15 is 0 Å². The van der Waals surface area contributed by atoms with Crippen LogP contribution < -0.4 is 15.4 Å². The van der Waals surface area contributed by atoms with Gasteiger partial charge < -0.3 is 15.4 Å². The zero-order chi connectivity index (χ0) is 18.1. The van der Waals surface area contributed by atoms with E-state index in [0.717, 1.165) is 37.4 Å². The summed E-state index contributed by atoms with van der Waals surface area (Å²) in [6.07, 6.45) is 4.83. The molecule has 1 amide bonds. The molecule has 0 radical (unpaired) electrons. The van der Waals surface area contributed by atoms with Crippen LogP contribution in [0.15, 0.2) is 30.7 Å². The maximum Gasteiger partial charge on any atom is 0.267 e. The minimum atomic E-state index is -0.560. The van der Waals surface area contributed by atoms with E-state index in [9.17, 15) is 4.79 Å². The van der Waals surface area contributed by atoms with Gasteiger partial charge in [0.15, 0.2) is 0 Å². The first-order valence-corrected chi connectivity index (χ1v) is 8.45. The summed E-state index contributed by atoms with van der Waals surface area (Å²) in [4.78, 5) is 26.0. The first-order valence-electron chi connectivity index (χ1n) is 8.45. The summed E-state index contributed by atoms with van der Waals surface area (Å²) in [6.45, 7) is 3.61. The number of nitrogens with two attached hydrogens (primary N) is 1. The first kappa shape index (κ1) is 16.2. The maximum absolute atomic E-state index is 11.2. The van der Waals surface area contributed by atoms with E-state index in [2.05, 4.69) is 25.0 Å². The van der Waals surface area contributed by atoms with Crippen molar-refractivity contribution < 1.29 is 9.53 Å². The standard InChI is InChI=1S/C17H19N7O2/c1-11-8-15(24-17(22-11)20-10-21-24)23-6-3-12(4-7-23)26-13-2-5-19-14(9-13)16(18)25/h2,5,8-10,12H,3-4,6-7H2,1H3,(H2,18,25). The van der Waals surface area contributed by atoms with Crippen LogP contribution in [0, 0.1) is 6.92 Å². The molecule has 0 atom stereocenters. The Morgan fingerprint density at radius 3 is 2.85 bits per heavy atom. The summed E-state index contributed by atoms with van der Waals surface area (Å²) in [7, 11) is 0. The number of pyridine rings is 1. The summed E-state index contributed by atoms with van der Waals surface area (Å²) in [6, 6.07) is 5.34. The fourth-order valence-corrected chi connectivity index (χ4v) is 3.15. The van der Waals surface area contributed by atoms with Gasteiger partial charge in [-0.2, -0.15) is 14.6 Å². The Kier molecular flexibility index (Phi) is 4.11. The third kappa shape index (κ3) is 3.15. The number of ether oxygens (including phenoxy) is 1. The third-order valence-corrected chi connectivity index (χ3v) is 4.41. The van der Waals surface area contributed by atoms with Gasteiger partial charge in [0.2, 0.25) is 0 Å². The Labute approximate surface area is 149 Å². The highest BCUT2D eigenvalue weighted by molar-refractivity contribution is 5.91. The van der Waals surface area contributed by atoms with E-state index < -0.39 is 5.91 Å². The van der Waals surface area contributed by atoms with Gasteiger partial charge in [0.25, 0.3) is 11.7 Å². The average molecular weight is 353 g/mol. The van der Waals surface area contributed by atoms with Gasteiger partial charge in [0, 0.05) is 50.0 Å². The van der Waals surface area contributed by atoms with Gasteiger partial charge in [-0.3, -0.25) is 9.78 Å². The number of nitrogens with zero attached hydrogens (tertiary/aromatic N) is 6. The molecule has 3 aromatic heterocycles. The number of primary amides is 1. The van der Waals surface area contributed by atoms with E-state index in [1.807, 2.05) is 13.0 Å². The predicted octanol–water partition coefficient (Wildman–Crippen LogP) is 0.974.